The Balaban J connectivity index is 2.13. The number of nitrogens with two attached hydrogens (primary N) is 1. The van der Waals surface area contributed by atoms with Crippen LogP contribution in [0.25, 0.3) is 0 Å². The molecule has 0 saturated heterocycles. The van der Waals surface area contributed by atoms with Crippen LogP contribution in [0.1, 0.15) is 17.3 Å². The number of amides is 1. The van der Waals surface area contributed by atoms with Crippen LogP contribution in [-0.4, -0.2) is 30.0 Å². The SMILES string of the molecule is COc1cc(N)c(Cl)cc1C(=O)O[C@@H](C)C(=O)Nc1ccc(F)c([N+](=O)[O-])c1. The molecule has 0 aromatic heterocycles. The predicted molar refractivity (Wildman–Crippen MR) is 99.0 cm³/mol. The van der Waals surface area contributed by atoms with Crippen LogP contribution < -0.4 is 15.8 Å². The van der Waals surface area contributed by atoms with Gasteiger partial charge in [0.1, 0.15) is 11.3 Å². The van der Waals surface area contributed by atoms with Gasteiger partial charge in [0.15, 0.2) is 6.10 Å². The van der Waals surface area contributed by atoms with Crippen molar-refractivity contribution in [3.05, 3.63) is 56.8 Å². The Bertz CT molecular complexity index is 953. The molecular weight excluding hydrogens is 397 g/mol. The normalized spacial score (nSPS) is 11.4. The summed E-state index contributed by atoms with van der Waals surface area (Å²) in [5.74, 6) is -2.62. The molecule has 148 valence electrons. The molecule has 0 heterocycles. The summed E-state index contributed by atoms with van der Waals surface area (Å²) in [5.41, 5.74) is 4.96. The standard InChI is InChI=1S/C17H15ClFN3O6/c1-8(16(23)21-9-3-4-12(19)14(5-9)22(25)26)28-17(24)10-6-11(18)13(20)7-15(10)27-2/h3-8H,20H2,1-2H3,(H,21,23)/t8-/m0/s1. The molecular formula is C17H15ClFN3O6. The number of nitrogens with one attached hydrogen (secondary N) is 1. The number of nitro groups is 1. The van der Waals surface area contributed by atoms with Gasteiger partial charge in [-0.15, -0.1) is 0 Å². The zero-order valence-electron chi connectivity index (χ0n) is 14.7. The maximum Gasteiger partial charge on any atom is 0.342 e. The van der Waals surface area contributed by atoms with Crippen molar-refractivity contribution in [1.29, 1.82) is 0 Å². The van der Waals surface area contributed by atoms with Gasteiger partial charge in [0, 0.05) is 17.8 Å². The van der Waals surface area contributed by atoms with E-state index in [1.54, 1.807) is 0 Å². The minimum Gasteiger partial charge on any atom is -0.496 e. The van der Waals surface area contributed by atoms with Gasteiger partial charge in [0.05, 0.1) is 22.7 Å². The highest BCUT2D eigenvalue weighted by atomic mass is 35.5. The van der Waals surface area contributed by atoms with E-state index in [1.165, 1.54) is 26.2 Å². The van der Waals surface area contributed by atoms with Crippen LogP contribution in [-0.2, 0) is 9.53 Å². The van der Waals surface area contributed by atoms with Gasteiger partial charge in [-0.25, -0.2) is 4.79 Å². The number of benzene rings is 2. The Kier molecular flexibility index (Phi) is 6.37. The number of anilines is 2. The lowest BCUT2D eigenvalue weighted by atomic mass is 10.2. The van der Waals surface area contributed by atoms with E-state index in [1.807, 2.05) is 0 Å². The lowest BCUT2D eigenvalue weighted by Crippen LogP contribution is -2.30. The average molecular weight is 412 g/mol. The van der Waals surface area contributed by atoms with Crippen LogP contribution in [0.2, 0.25) is 5.02 Å². The van der Waals surface area contributed by atoms with Gasteiger partial charge in [-0.2, -0.15) is 4.39 Å². The summed E-state index contributed by atoms with van der Waals surface area (Å²) in [5, 5.41) is 13.2. The number of hydrogen-bond acceptors (Lipinski definition) is 7. The van der Waals surface area contributed by atoms with Crippen molar-refractivity contribution in [2.45, 2.75) is 13.0 Å². The van der Waals surface area contributed by atoms with Crippen molar-refractivity contribution in [3.63, 3.8) is 0 Å². The zero-order chi connectivity index (χ0) is 21.0. The lowest BCUT2D eigenvalue weighted by Gasteiger charge is -2.15. The van der Waals surface area contributed by atoms with E-state index in [2.05, 4.69) is 5.32 Å². The molecule has 2 aromatic rings. The fourth-order valence-corrected chi connectivity index (χ4v) is 2.31. The highest BCUT2D eigenvalue weighted by Crippen LogP contribution is 2.29. The Morgan fingerprint density at radius 1 is 1.32 bits per heavy atom. The van der Waals surface area contributed by atoms with Gasteiger partial charge in [-0.05, 0) is 25.1 Å². The number of ether oxygens (including phenoxy) is 2. The second-order valence-electron chi connectivity index (χ2n) is 5.53. The maximum absolute atomic E-state index is 13.4. The van der Waals surface area contributed by atoms with Crippen LogP contribution >= 0.6 is 11.6 Å². The summed E-state index contributed by atoms with van der Waals surface area (Å²) in [6.45, 7) is 1.29. The maximum atomic E-state index is 13.4. The van der Waals surface area contributed by atoms with E-state index in [-0.39, 0.29) is 27.7 Å². The molecule has 0 saturated carbocycles. The second-order valence-corrected chi connectivity index (χ2v) is 5.94. The summed E-state index contributed by atoms with van der Waals surface area (Å²) < 4.78 is 23.5. The molecule has 9 nitrogen and oxygen atoms in total. The molecule has 0 radical (unpaired) electrons. The third-order valence-electron chi connectivity index (χ3n) is 3.60. The smallest absolute Gasteiger partial charge is 0.342 e. The first kappa shape index (κ1) is 20.9. The van der Waals surface area contributed by atoms with Crippen molar-refractivity contribution < 1.29 is 28.4 Å². The molecule has 28 heavy (non-hydrogen) atoms. The number of nitrogen functional groups attached to an aromatic ring is 1. The first-order chi connectivity index (χ1) is 13.1. The Morgan fingerprint density at radius 3 is 2.61 bits per heavy atom. The van der Waals surface area contributed by atoms with Crippen molar-refractivity contribution >= 4 is 40.5 Å². The van der Waals surface area contributed by atoms with E-state index < -0.39 is 34.4 Å². The first-order valence-electron chi connectivity index (χ1n) is 7.72. The first-order valence-corrected chi connectivity index (χ1v) is 8.10. The number of carbonyl (C=O) groups excluding carboxylic acids is 2. The number of nitrogens with zero attached hydrogens (tertiary/aromatic N) is 1. The molecule has 0 fully saturated rings. The topological polar surface area (TPSA) is 134 Å². The largest absolute Gasteiger partial charge is 0.496 e. The number of halogens is 2. The highest BCUT2D eigenvalue weighted by molar-refractivity contribution is 6.33. The molecule has 2 aromatic carbocycles. The summed E-state index contributed by atoms with van der Waals surface area (Å²) in [6, 6.07) is 5.40. The molecule has 1 atom stereocenters. The van der Waals surface area contributed by atoms with Crippen LogP contribution in [0, 0.1) is 15.9 Å². The fourth-order valence-electron chi connectivity index (χ4n) is 2.15. The quantitative estimate of drug-likeness (QED) is 0.322. The van der Waals surface area contributed by atoms with Crippen LogP contribution in [0.4, 0.5) is 21.5 Å². The summed E-state index contributed by atoms with van der Waals surface area (Å²) >= 11 is 5.89. The second kappa shape index (κ2) is 8.53. The average Bonchev–Trinajstić information content (AvgIpc) is 2.64. The molecule has 11 heteroatoms. The van der Waals surface area contributed by atoms with Crippen LogP contribution in [0.15, 0.2) is 30.3 Å². The molecule has 0 unspecified atom stereocenters. The molecule has 0 aliphatic rings. The molecule has 0 aliphatic heterocycles. The van der Waals surface area contributed by atoms with Gasteiger partial charge >= 0.3 is 11.7 Å². The monoisotopic (exact) mass is 411 g/mol. The molecule has 1 amide bonds. The molecule has 2 rings (SSSR count). The molecule has 3 N–H and O–H groups in total. The van der Waals surface area contributed by atoms with E-state index in [4.69, 9.17) is 26.8 Å². The van der Waals surface area contributed by atoms with Gasteiger partial charge in [-0.1, -0.05) is 11.6 Å². The number of rotatable bonds is 6. The van der Waals surface area contributed by atoms with E-state index in [9.17, 15) is 24.1 Å². The number of hydrogen-bond donors (Lipinski definition) is 2. The number of esters is 1. The number of nitro benzene ring substituents is 1. The third-order valence-corrected chi connectivity index (χ3v) is 3.93. The fraction of sp³-hybridized carbons (Fsp3) is 0.176. The minimum absolute atomic E-state index is 0.0332. The van der Waals surface area contributed by atoms with Crippen molar-refractivity contribution in [3.8, 4) is 5.75 Å². The summed E-state index contributed by atoms with van der Waals surface area (Å²) in [6.07, 6.45) is -1.28. The summed E-state index contributed by atoms with van der Waals surface area (Å²) in [7, 11) is 1.32. The minimum atomic E-state index is -1.28. The van der Waals surface area contributed by atoms with Gasteiger partial charge in [-0.3, -0.25) is 14.9 Å². The van der Waals surface area contributed by atoms with Crippen molar-refractivity contribution in [2.24, 2.45) is 0 Å². The third kappa shape index (κ3) is 4.65. The van der Waals surface area contributed by atoms with Crippen LogP contribution in [0.3, 0.4) is 0 Å². The van der Waals surface area contributed by atoms with Crippen molar-refractivity contribution in [1.82, 2.24) is 0 Å². The number of carbonyl (C=O) groups is 2. The van der Waals surface area contributed by atoms with E-state index in [0.29, 0.717) is 0 Å². The Labute approximate surface area is 163 Å². The van der Waals surface area contributed by atoms with Crippen LogP contribution in [0.5, 0.6) is 5.75 Å². The molecule has 0 aliphatic carbocycles. The molecule has 0 spiro atoms. The summed E-state index contributed by atoms with van der Waals surface area (Å²) in [4.78, 5) is 34.3. The van der Waals surface area contributed by atoms with Crippen molar-refractivity contribution in [2.75, 3.05) is 18.2 Å². The van der Waals surface area contributed by atoms with Gasteiger partial charge in [0.25, 0.3) is 5.91 Å². The molecule has 0 bridgehead atoms. The number of methoxy groups -OCH3 is 1. The lowest BCUT2D eigenvalue weighted by molar-refractivity contribution is -0.387. The zero-order valence-corrected chi connectivity index (χ0v) is 15.5. The van der Waals surface area contributed by atoms with Gasteiger partial charge in [0.2, 0.25) is 5.82 Å². The predicted octanol–water partition coefficient (Wildman–Crippen LogP) is 3.16. The van der Waals surface area contributed by atoms with E-state index >= 15 is 0 Å². The Hall–Kier alpha value is -3.40. The van der Waals surface area contributed by atoms with E-state index in [0.717, 1.165) is 18.2 Å². The van der Waals surface area contributed by atoms with Gasteiger partial charge < -0.3 is 20.5 Å². The Morgan fingerprint density at radius 2 is 2.00 bits per heavy atom. The highest BCUT2D eigenvalue weighted by Gasteiger charge is 2.23.